The summed E-state index contributed by atoms with van der Waals surface area (Å²) in [6.07, 6.45) is 2.23. The minimum atomic E-state index is 0.129. The summed E-state index contributed by atoms with van der Waals surface area (Å²) in [5.74, 6) is 0. The molecule has 1 unspecified atom stereocenters. The highest BCUT2D eigenvalue weighted by Gasteiger charge is 2.31. The minimum Gasteiger partial charge on any atom is -0.385 e. The predicted molar refractivity (Wildman–Crippen MR) is 59.9 cm³/mol. The van der Waals surface area contributed by atoms with E-state index < -0.39 is 0 Å². The third kappa shape index (κ3) is 1.72. The van der Waals surface area contributed by atoms with Crippen molar-refractivity contribution in [3.05, 3.63) is 21.9 Å². The average molecular weight is 211 g/mol. The van der Waals surface area contributed by atoms with Crippen LogP contribution in [0.4, 0.5) is 0 Å². The summed E-state index contributed by atoms with van der Waals surface area (Å²) in [6, 6.07) is 2.25. The lowest BCUT2D eigenvalue weighted by atomic mass is 9.86. The van der Waals surface area contributed by atoms with E-state index in [0.717, 1.165) is 19.6 Å². The lowest BCUT2D eigenvalue weighted by Gasteiger charge is -2.35. The lowest BCUT2D eigenvalue weighted by molar-refractivity contribution is 0.157. The van der Waals surface area contributed by atoms with E-state index in [4.69, 9.17) is 4.74 Å². The van der Waals surface area contributed by atoms with Crippen LogP contribution in [0.5, 0.6) is 0 Å². The van der Waals surface area contributed by atoms with Crippen LogP contribution in [0.3, 0.4) is 0 Å². The van der Waals surface area contributed by atoms with Gasteiger partial charge in [0.05, 0.1) is 0 Å². The summed E-state index contributed by atoms with van der Waals surface area (Å²) in [6.45, 7) is 4.18. The van der Waals surface area contributed by atoms with Crippen LogP contribution in [-0.4, -0.2) is 20.3 Å². The van der Waals surface area contributed by atoms with Crippen molar-refractivity contribution in [3.8, 4) is 0 Å². The molecule has 2 heterocycles. The Morgan fingerprint density at radius 3 is 3.29 bits per heavy atom. The zero-order chi connectivity index (χ0) is 10.0. The Morgan fingerprint density at radius 2 is 2.50 bits per heavy atom. The Balaban J connectivity index is 2.21. The number of hydrogen-bond acceptors (Lipinski definition) is 3. The van der Waals surface area contributed by atoms with E-state index in [0.29, 0.717) is 0 Å². The van der Waals surface area contributed by atoms with Gasteiger partial charge in [0.15, 0.2) is 0 Å². The van der Waals surface area contributed by atoms with Crippen LogP contribution in [0.2, 0.25) is 0 Å². The van der Waals surface area contributed by atoms with Crippen molar-refractivity contribution < 1.29 is 4.74 Å². The quantitative estimate of drug-likeness (QED) is 0.827. The molecule has 1 aliphatic rings. The molecule has 2 nitrogen and oxygen atoms in total. The number of rotatable bonds is 3. The zero-order valence-corrected chi connectivity index (χ0v) is 9.62. The standard InChI is InChI=1S/C11H17NOS/c1-11(5-7-13-2)9-4-8-14-10(9)3-6-12-11/h4,8,12H,3,5-7H2,1-2H3. The van der Waals surface area contributed by atoms with Crippen LogP contribution in [0.1, 0.15) is 23.8 Å². The molecular weight excluding hydrogens is 194 g/mol. The molecule has 1 aromatic heterocycles. The van der Waals surface area contributed by atoms with Gasteiger partial charge in [-0.25, -0.2) is 0 Å². The van der Waals surface area contributed by atoms with E-state index in [1.165, 1.54) is 12.0 Å². The smallest absolute Gasteiger partial charge is 0.0483 e. The number of nitrogens with one attached hydrogen (secondary N) is 1. The summed E-state index contributed by atoms with van der Waals surface area (Å²) in [5, 5.41) is 5.80. The average Bonchev–Trinajstić information content (AvgIpc) is 2.65. The van der Waals surface area contributed by atoms with Crippen LogP contribution in [0, 0.1) is 0 Å². The summed E-state index contributed by atoms with van der Waals surface area (Å²) >= 11 is 1.88. The van der Waals surface area contributed by atoms with Crippen molar-refractivity contribution >= 4 is 11.3 Å². The van der Waals surface area contributed by atoms with Crippen LogP contribution in [0.25, 0.3) is 0 Å². The monoisotopic (exact) mass is 211 g/mol. The van der Waals surface area contributed by atoms with Gasteiger partial charge in [0.25, 0.3) is 0 Å². The molecule has 1 atom stereocenters. The summed E-state index contributed by atoms with van der Waals surface area (Å²) < 4.78 is 5.16. The Hall–Kier alpha value is -0.380. The molecule has 0 saturated heterocycles. The summed E-state index contributed by atoms with van der Waals surface area (Å²) in [5.41, 5.74) is 1.61. The number of hydrogen-bond donors (Lipinski definition) is 1. The van der Waals surface area contributed by atoms with E-state index in [1.54, 1.807) is 12.0 Å². The van der Waals surface area contributed by atoms with E-state index in [-0.39, 0.29) is 5.54 Å². The molecule has 1 aromatic rings. The van der Waals surface area contributed by atoms with E-state index >= 15 is 0 Å². The highest BCUT2D eigenvalue weighted by Crippen LogP contribution is 2.34. The van der Waals surface area contributed by atoms with Gasteiger partial charge in [0, 0.05) is 30.7 Å². The Labute approximate surface area is 89.3 Å². The Morgan fingerprint density at radius 1 is 1.64 bits per heavy atom. The molecule has 0 radical (unpaired) electrons. The van der Waals surface area contributed by atoms with E-state index in [1.807, 2.05) is 11.3 Å². The maximum Gasteiger partial charge on any atom is 0.0483 e. The second kappa shape index (κ2) is 4.01. The van der Waals surface area contributed by atoms with Gasteiger partial charge in [-0.05, 0) is 36.8 Å². The molecule has 0 aliphatic carbocycles. The van der Waals surface area contributed by atoms with E-state index in [9.17, 15) is 0 Å². The van der Waals surface area contributed by atoms with Crippen LogP contribution >= 0.6 is 11.3 Å². The first kappa shape index (κ1) is 10.1. The molecule has 78 valence electrons. The van der Waals surface area contributed by atoms with Crippen molar-refractivity contribution in [2.24, 2.45) is 0 Å². The predicted octanol–water partition coefficient (Wildman–Crippen LogP) is 2.15. The lowest BCUT2D eigenvalue weighted by Crippen LogP contribution is -2.45. The fourth-order valence-corrected chi connectivity index (χ4v) is 3.11. The zero-order valence-electron chi connectivity index (χ0n) is 8.80. The first-order chi connectivity index (χ1) is 6.76. The molecule has 0 saturated carbocycles. The molecule has 14 heavy (non-hydrogen) atoms. The van der Waals surface area contributed by atoms with Crippen molar-refractivity contribution in [1.82, 2.24) is 5.32 Å². The number of methoxy groups -OCH3 is 1. The minimum absolute atomic E-state index is 0.129. The topological polar surface area (TPSA) is 21.3 Å². The van der Waals surface area contributed by atoms with Gasteiger partial charge in [-0.15, -0.1) is 11.3 Å². The largest absolute Gasteiger partial charge is 0.385 e. The van der Waals surface area contributed by atoms with Crippen LogP contribution in [0.15, 0.2) is 11.4 Å². The first-order valence-electron chi connectivity index (χ1n) is 5.07. The highest BCUT2D eigenvalue weighted by atomic mass is 32.1. The molecule has 0 amide bonds. The molecule has 2 rings (SSSR count). The first-order valence-corrected chi connectivity index (χ1v) is 5.95. The Kier molecular flexibility index (Phi) is 2.91. The van der Waals surface area contributed by atoms with Crippen molar-refractivity contribution in [3.63, 3.8) is 0 Å². The van der Waals surface area contributed by atoms with Crippen molar-refractivity contribution in [2.45, 2.75) is 25.3 Å². The van der Waals surface area contributed by atoms with Gasteiger partial charge in [0.2, 0.25) is 0 Å². The maximum atomic E-state index is 5.16. The second-order valence-electron chi connectivity index (χ2n) is 4.01. The highest BCUT2D eigenvalue weighted by molar-refractivity contribution is 7.10. The van der Waals surface area contributed by atoms with Gasteiger partial charge >= 0.3 is 0 Å². The molecule has 0 fully saturated rings. The maximum absolute atomic E-state index is 5.16. The van der Waals surface area contributed by atoms with Crippen LogP contribution in [-0.2, 0) is 16.7 Å². The fraction of sp³-hybridized carbons (Fsp3) is 0.636. The molecule has 1 N–H and O–H groups in total. The third-order valence-electron chi connectivity index (χ3n) is 3.01. The van der Waals surface area contributed by atoms with Crippen molar-refractivity contribution in [1.29, 1.82) is 0 Å². The van der Waals surface area contributed by atoms with Crippen LogP contribution < -0.4 is 5.32 Å². The van der Waals surface area contributed by atoms with E-state index in [2.05, 4.69) is 23.7 Å². The fourth-order valence-electron chi connectivity index (χ4n) is 2.10. The van der Waals surface area contributed by atoms with Crippen molar-refractivity contribution in [2.75, 3.05) is 20.3 Å². The number of thiophene rings is 1. The Bertz CT molecular complexity index is 310. The third-order valence-corrected chi connectivity index (χ3v) is 3.99. The molecule has 1 aliphatic heterocycles. The molecule has 0 bridgehead atoms. The summed E-state index contributed by atoms with van der Waals surface area (Å²) in [7, 11) is 1.76. The van der Waals surface area contributed by atoms with Gasteiger partial charge in [-0.1, -0.05) is 0 Å². The number of ether oxygens (including phenoxy) is 1. The van der Waals surface area contributed by atoms with Gasteiger partial charge < -0.3 is 10.1 Å². The molecular formula is C11H17NOS. The summed E-state index contributed by atoms with van der Waals surface area (Å²) in [4.78, 5) is 1.54. The van der Waals surface area contributed by atoms with Gasteiger partial charge in [-0.2, -0.15) is 0 Å². The van der Waals surface area contributed by atoms with Gasteiger partial charge in [-0.3, -0.25) is 0 Å². The molecule has 3 heteroatoms. The number of fused-ring (bicyclic) bond motifs is 1. The molecule has 0 spiro atoms. The van der Waals surface area contributed by atoms with Gasteiger partial charge in [0.1, 0.15) is 0 Å². The normalized spacial score (nSPS) is 26.1. The SMILES string of the molecule is COCCC1(C)NCCc2sccc21. The molecule has 0 aromatic carbocycles. The second-order valence-corrected chi connectivity index (χ2v) is 5.01.